The van der Waals surface area contributed by atoms with E-state index in [1.165, 1.54) is 6.07 Å². The zero-order chi connectivity index (χ0) is 12.1. The Morgan fingerprint density at radius 1 is 1.50 bits per heavy atom. The quantitative estimate of drug-likeness (QED) is 0.920. The fraction of sp³-hybridized carbons (Fsp3) is 0.417. The molecule has 1 aromatic carbocycles. The molecule has 4 heteroatoms. The van der Waals surface area contributed by atoms with Gasteiger partial charge in [0.05, 0.1) is 6.07 Å². The largest absolute Gasteiger partial charge is 0.298 e. The van der Waals surface area contributed by atoms with E-state index in [9.17, 15) is 4.39 Å². The minimum Gasteiger partial charge on any atom is -0.298 e. The van der Waals surface area contributed by atoms with Gasteiger partial charge in [0.25, 0.3) is 0 Å². The highest BCUT2D eigenvalue weighted by atomic mass is 79.9. The number of halogens is 2. The van der Waals surface area contributed by atoms with Crippen molar-refractivity contribution in [3.05, 3.63) is 34.1 Å². The maximum Gasteiger partial charge on any atom is 0.129 e. The fourth-order valence-corrected chi connectivity index (χ4v) is 1.69. The van der Waals surface area contributed by atoms with Crippen LogP contribution in [0.2, 0.25) is 0 Å². The minimum atomic E-state index is -0.597. The van der Waals surface area contributed by atoms with Gasteiger partial charge in [-0.05, 0) is 30.7 Å². The zero-order valence-corrected chi connectivity index (χ0v) is 10.9. The number of rotatable bonds is 4. The van der Waals surface area contributed by atoms with Gasteiger partial charge in [-0.25, -0.2) is 4.39 Å². The summed E-state index contributed by atoms with van der Waals surface area (Å²) in [5.41, 5.74) is 0.387. The second-order valence-electron chi connectivity index (χ2n) is 4.03. The van der Waals surface area contributed by atoms with E-state index in [1.807, 2.05) is 13.8 Å². The van der Waals surface area contributed by atoms with Crippen molar-refractivity contribution < 1.29 is 4.39 Å². The number of nitrogens with zero attached hydrogens (tertiary/aromatic N) is 1. The van der Waals surface area contributed by atoms with E-state index in [-0.39, 0.29) is 5.82 Å². The first-order valence-electron chi connectivity index (χ1n) is 5.12. The van der Waals surface area contributed by atoms with E-state index in [0.29, 0.717) is 18.0 Å². The second kappa shape index (κ2) is 5.97. The summed E-state index contributed by atoms with van der Waals surface area (Å²) in [5.74, 6) is 0.0667. The maximum absolute atomic E-state index is 13.5. The first-order valence-corrected chi connectivity index (χ1v) is 5.92. The van der Waals surface area contributed by atoms with Gasteiger partial charge >= 0.3 is 0 Å². The highest BCUT2D eigenvalue weighted by Crippen LogP contribution is 2.21. The van der Waals surface area contributed by atoms with Crippen LogP contribution in [0, 0.1) is 23.1 Å². The highest BCUT2D eigenvalue weighted by Gasteiger charge is 2.15. The molecule has 0 aliphatic heterocycles. The molecule has 0 aliphatic rings. The summed E-state index contributed by atoms with van der Waals surface area (Å²) in [6.07, 6.45) is 0. The van der Waals surface area contributed by atoms with Gasteiger partial charge in [-0.1, -0.05) is 29.8 Å². The van der Waals surface area contributed by atoms with Crippen LogP contribution in [-0.2, 0) is 0 Å². The van der Waals surface area contributed by atoms with Crippen LogP contribution >= 0.6 is 15.9 Å². The lowest BCUT2D eigenvalue weighted by molar-refractivity contribution is 0.507. The SMILES string of the molecule is CC(C)CNC(C#N)c1cc(Br)ccc1F. The van der Waals surface area contributed by atoms with E-state index in [0.717, 1.165) is 4.47 Å². The van der Waals surface area contributed by atoms with Gasteiger partial charge in [0.2, 0.25) is 0 Å². The molecule has 1 unspecified atom stereocenters. The first-order chi connectivity index (χ1) is 7.54. The molecule has 0 aliphatic carbocycles. The van der Waals surface area contributed by atoms with Crippen LogP contribution in [0.3, 0.4) is 0 Å². The first kappa shape index (κ1) is 13.1. The average molecular weight is 285 g/mol. The van der Waals surface area contributed by atoms with E-state index in [1.54, 1.807) is 12.1 Å². The summed E-state index contributed by atoms with van der Waals surface area (Å²) >= 11 is 3.27. The Hall–Kier alpha value is -0.920. The predicted octanol–water partition coefficient (Wildman–Crippen LogP) is 3.40. The third-order valence-electron chi connectivity index (χ3n) is 2.13. The minimum absolute atomic E-state index is 0.356. The summed E-state index contributed by atoms with van der Waals surface area (Å²) in [6.45, 7) is 4.77. The van der Waals surface area contributed by atoms with E-state index in [2.05, 4.69) is 27.3 Å². The van der Waals surface area contributed by atoms with Gasteiger partial charge in [0.15, 0.2) is 0 Å². The molecule has 0 saturated heterocycles. The summed E-state index contributed by atoms with van der Waals surface area (Å²) in [5, 5.41) is 12.0. The number of hydrogen-bond acceptors (Lipinski definition) is 2. The van der Waals surface area contributed by atoms with Crippen LogP contribution in [0.5, 0.6) is 0 Å². The van der Waals surface area contributed by atoms with Crippen molar-refractivity contribution in [2.75, 3.05) is 6.54 Å². The zero-order valence-electron chi connectivity index (χ0n) is 9.30. The third-order valence-corrected chi connectivity index (χ3v) is 2.62. The molecule has 0 aromatic heterocycles. The molecule has 0 heterocycles. The van der Waals surface area contributed by atoms with Gasteiger partial charge in [-0.2, -0.15) is 5.26 Å². The normalized spacial score (nSPS) is 12.5. The molecule has 1 atom stereocenters. The number of nitrogens with one attached hydrogen (secondary N) is 1. The molecule has 2 nitrogen and oxygen atoms in total. The Balaban J connectivity index is 2.87. The molecule has 0 amide bonds. The van der Waals surface area contributed by atoms with Crippen LogP contribution < -0.4 is 5.32 Å². The van der Waals surface area contributed by atoms with E-state index >= 15 is 0 Å². The van der Waals surface area contributed by atoms with Gasteiger partial charge in [0, 0.05) is 10.0 Å². The topological polar surface area (TPSA) is 35.8 Å². The van der Waals surface area contributed by atoms with Crippen molar-refractivity contribution in [1.82, 2.24) is 5.32 Å². The molecular formula is C12H14BrFN2. The Kier molecular flexibility index (Phi) is 4.91. The summed E-state index contributed by atoms with van der Waals surface area (Å²) in [6, 6.07) is 6.09. The molecule has 0 fully saturated rings. The molecule has 0 radical (unpaired) electrons. The lowest BCUT2D eigenvalue weighted by Crippen LogP contribution is -2.25. The molecule has 86 valence electrons. The number of hydrogen-bond donors (Lipinski definition) is 1. The van der Waals surface area contributed by atoms with Crippen LogP contribution in [0.1, 0.15) is 25.5 Å². The Bertz CT molecular complexity index is 398. The second-order valence-corrected chi connectivity index (χ2v) is 4.95. The van der Waals surface area contributed by atoms with E-state index in [4.69, 9.17) is 5.26 Å². The Morgan fingerprint density at radius 2 is 2.19 bits per heavy atom. The fourth-order valence-electron chi connectivity index (χ4n) is 1.31. The lowest BCUT2D eigenvalue weighted by atomic mass is 10.1. The van der Waals surface area contributed by atoms with Gasteiger partial charge in [0.1, 0.15) is 11.9 Å². The number of nitriles is 1. The molecule has 0 bridgehead atoms. The van der Waals surface area contributed by atoms with E-state index < -0.39 is 6.04 Å². The van der Waals surface area contributed by atoms with Crippen molar-refractivity contribution in [1.29, 1.82) is 5.26 Å². The standard InChI is InChI=1S/C12H14BrFN2/c1-8(2)7-16-12(6-15)10-5-9(13)3-4-11(10)14/h3-5,8,12,16H,7H2,1-2H3. The smallest absolute Gasteiger partial charge is 0.129 e. The van der Waals surface area contributed by atoms with Crippen LogP contribution in [-0.4, -0.2) is 6.54 Å². The van der Waals surface area contributed by atoms with Gasteiger partial charge in [-0.3, -0.25) is 5.32 Å². The summed E-state index contributed by atoms with van der Waals surface area (Å²) in [7, 11) is 0. The summed E-state index contributed by atoms with van der Waals surface area (Å²) in [4.78, 5) is 0. The molecule has 16 heavy (non-hydrogen) atoms. The van der Waals surface area contributed by atoms with Crippen LogP contribution in [0.15, 0.2) is 22.7 Å². The molecule has 0 spiro atoms. The van der Waals surface area contributed by atoms with Crippen molar-refractivity contribution >= 4 is 15.9 Å². The molecule has 0 saturated carbocycles. The number of benzene rings is 1. The third kappa shape index (κ3) is 3.58. The molecule has 1 aromatic rings. The molecule has 1 N–H and O–H groups in total. The lowest BCUT2D eigenvalue weighted by Gasteiger charge is -2.14. The predicted molar refractivity (Wildman–Crippen MR) is 65.3 cm³/mol. The maximum atomic E-state index is 13.5. The summed E-state index contributed by atoms with van der Waals surface area (Å²) < 4.78 is 14.3. The van der Waals surface area contributed by atoms with Crippen LogP contribution in [0.25, 0.3) is 0 Å². The Morgan fingerprint density at radius 3 is 2.75 bits per heavy atom. The molecular weight excluding hydrogens is 271 g/mol. The Labute approximate surface area is 104 Å². The van der Waals surface area contributed by atoms with Crippen molar-refractivity contribution in [2.24, 2.45) is 5.92 Å². The monoisotopic (exact) mass is 284 g/mol. The van der Waals surface area contributed by atoms with Gasteiger partial charge < -0.3 is 0 Å². The van der Waals surface area contributed by atoms with Crippen molar-refractivity contribution in [3.8, 4) is 6.07 Å². The van der Waals surface area contributed by atoms with Crippen molar-refractivity contribution in [3.63, 3.8) is 0 Å². The molecule has 1 rings (SSSR count). The van der Waals surface area contributed by atoms with Gasteiger partial charge in [-0.15, -0.1) is 0 Å². The average Bonchev–Trinajstić information content (AvgIpc) is 2.23. The highest BCUT2D eigenvalue weighted by molar-refractivity contribution is 9.10. The van der Waals surface area contributed by atoms with Crippen molar-refractivity contribution in [2.45, 2.75) is 19.9 Å². The van der Waals surface area contributed by atoms with Crippen LogP contribution in [0.4, 0.5) is 4.39 Å².